The fraction of sp³-hybridized carbons (Fsp3) is 1.00. The van der Waals surface area contributed by atoms with Crippen molar-refractivity contribution >= 4 is 0 Å². The third kappa shape index (κ3) is 11.9. The van der Waals surface area contributed by atoms with Crippen LogP contribution < -0.4 is 0 Å². The summed E-state index contributed by atoms with van der Waals surface area (Å²) in [5.74, 6) is 0.812. The van der Waals surface area contributed by atoms with E-state index in [0.29, 0.717) is 0 Å². The van der Waals surface area contributed by atoms with Crippen molar-refractivity contribution in [1.29, 1.82) is 0 Å². The van der Waals surface area contributed by atoms with Crippen molar-refractivity contribution in [3.8, 4) is 0 Å². The van der Waals surface area contributed by atoms with E-state index in [4.69, 9.17) is 0 Å². The van der Waals surface area contributed by atoms with Gasteiger partial charge in [0.25, 0.3) is 0 Å². The highest BCUT2D eigenvalue weighted by molar-refractivity contribution is 4.53. The minimum Gasteiger partial charge on any atom is -0.191 e. The molecular formula is C12H27FO. The van der Waals surface area contributed by atoms with Gasteiger partial charge in [-0.05, 0) is 23.8 Å². The van der Waals surface area contributed by atoms with Crippen LogP contribution in [-0.2, 0) is 4.94 Å². The van der Waals surface area contributed by atoms with Crippen LogP contribution in [0.1, 0.15) is 66.7 Å². The molecule has 0 amide bonds. The molecular weight excluding hydrogens is 179 g/mol. The van der Waals surface area contributed by atoms with Gasteiger partial charge in [-0.1, -0.05) is 53.4 Å². The van der Waals surface area contributed by atoms with Crippen LogP contribution in [0.4, 0.5) is 4.53 Å². The number of rotatable bonds is 7. The van der Waals surface area contributed by atoms with Crippen molar-refractivity contribution in [2.24, 2.45) is 5.92 Å². The largest absolute Gasteiger partial charge is 0.191 e. The van der Waals surface area contributed by atoms with E-state index in [2.05, 4.69) is 18.8 Å². The molecule has 0 aliphatic rings. The minimum absolute atomic E-state index is 0.220. The standard InChI is InChI=1S/C10H21FO.C2H6/c1-4-9(2)7-5-6-8-10(3)12-11;1-2/h9-10H,4-8H2,1-3H3;1-2H3. The highest BCUT2D eigenvalue weighted by atomic mass is 19.3. The molecule has 0 bridgehead atoms. The molecule has 0 rings (SSSR count). The van der Waals surface area contributed by atoms with Gasteiger partial charge in [-0.2, -0.15) is 4.94 Å². The van der Waals surface area contributed by atoms with Crippen LogP contribution in [0, 0.1) is 5.92 Å². The first-order chi connectivity index (χ1) is 6.70. The molecule has 0 radical (unpaired) electrons. The molecule has 0 saturated heterocycles. The van der Waals surface area contributed by atoms with E-state index in [9.17, 15) is 4.53 Å². The smallest absolute Gasteiger partial charge is 0.0955 e. The van der Waals surface area contributed by atoms with Crippen LogP contribution in [0.25, 0.3) is 0 Å². The fourth-order valence-corrected chi connectivity index (χ4v) is 1.17. The van der Waals surface area contributed by atoms with Crippen molar-refractivity contribution in [2.75, 3.05) is 0 Å². The van der Waals surface area contributed by atoms with Gasteiger partial charge in [0.1, 0.15) is 0 Å². The number of unbranched alkanes of at least 4 members (excludes halogenated alkanes) is 1. The molecule has 1 nitrogen and oxygen atoms in total. The number of halogens is 1. The Morgan fingerprint density at radius 1 is 1.07 bits per heavy atom. The molecule has 2 unspecified atom stereocenters. The Labute approximate surface area is 88.9 Å². The van der Waals surface area contributed by atoms with Gasteiger partial charge in [0.2, 0.25) is 0 Å². The molecule has 0 aromatic rings. The first kappa shape index (κ1) is 16.3. The van der Waals surface area contributed by atoms with E-state index in [-0.39, 0.29) is 6.10 Å². The molecule has 0 heterocycles. The average Bonchev–Trinajstić information content (AvgIpc) is 2.26. The monoisotopic (exact) mass is 206 g/mol. The molecule has 0 N–H and O–H groups in total. The molecule has 0 aromatic carbocycles. The van der Waals surface area contributed by atoms with Crippen molar-refractivity contribution < 1.29 is 9.47 Å². The zero-order valence-corrected chi connectivity index (χ0v) is 10.5. The normalized spacial score (nSPS) is 14.1. The molecule has 0 aliphatic heterocycles. The van der Waals surface area contributed by atoms with E-state index in [1.165, 1.54) is 19.3 Å². The Bertz CT molecular complexity index is 84.3. The van der Waals surface area contributed by atoms with E-state index < -0.39 is 0 Å². The van der Waals surface area contributed by atoms with Crippen molar-refractivity contribution in [3.63, 3.8) is 0 Å². The van der Waals surface area contributed by atoms with E-state index in [0.717, 1.165) is 18.8 Å². The Morgan fingerprint density at radius 3 is 2.00 bits per heavy atom. The van der Waals surface area contributed by atoms with Gasteiger partial charge in [0.05, 0.1) is 6.10 Å². The lowest BCUT2D eigenvalue weighted by atomic mass is 10.0. The van der Waals surface area contributed by atoms with E-state index in [1.807, 2.05) is 13.8 Å². The molecule has 14 heavy (non-hydrogen) atoms. The zero-order chi connectivity index (χ0) is 11.4. The summed E-state index contributed by atoms with van der Waals surface area (Å²) in [5, 5.41) is 0. The molecule has 88 valence electrons. The first-order valence-corrected chi connectivity index (χ1v) is 5.98. The molecule has 0 aromatic heterocycles. The van der Waals surface area contributed by atoms with Crippen LogP contribution in [0.15, 0.2) is 0 Å². The second-order valence-electron chi connectivity index (χ2n) is 3.70. The molecule has 2 atom stereocenters. The highest BCUT2D eigenvalue weighted by Gasteiger charge is 2.02. The van der Waals surface area contributed by atoms with Crippen LogP contribution in [0.2, 0.25) is 0 Å². The third-order valence-corrected chi connectivity index (χ3v) is 2.41. The average molecular weight is 206 g/mol. The predicted molar refractivity (Wildman–Crippen MR) is 60.9 cm³/mol. The lowest BCUT2D eigenvalue weighted by molar-refractivity contribution is -0.174. The summed E-state index contributed by atoms with van der Waals surface area (Å²) in [6.07, 6.45) is 5.40. The van der Waals surface area contributed by atoms with Gasteiger partial charge >= 0.3 is 0 Å². The van der Waals surface area contributed by atoms with E-state index in [1.54, 1.807) is 6.92 Å². The summed E-state index contributed by atoms with van der Waals surface area (Å²) in [5.41, 5.74) is 0. The maximum absolute atomic E-state index is 11.5. The Hall–Kier alpha value is -0.110. The number of hydrogen-bond acceptors (Lipinski definition) is 1. The second-order valence-corrected chi connectivity index (χ2v) is 3.70. The van der Waals surface area contributed by atoms with Gasteiger partial charge in [0, 0.05) is 0 Å². The Balaban J connectivity index is 0. The SMILES string of the molecule is CC.CCC(C)CCCCC(C)OF. The first-order valence-electron chi connectivity index (χ1n) is 5.98. The molecule has 0 aliphatic carbocycles. The van der Waals surface area contributed by atoms with Crippen molar-refractivity contribution in [3.05, 3.63) is 0 Å². The summed E-state index contributed by atoms with van der Waals surface area (Å²) in [6, 6.07) is 0. The van der Waals surface area contributed by atoms with Crippen molar-refractivity contribution in [2.45, 2.75) is 72.8 Å². The van der Waals surface area contributed by atoms with Crippen LogP contribution in [0.3, 0.4) is 0 Å². The van der Waals surface area contributed by atoms with Gasteiger partial charge in [0.15, 0.2) is 0 Å². The van der Waals surface area contributed by atoms with Gasteiger partial charge in [-0.15, -0.1) is 0 Å². The zero-order valence-electron chi connectivity index (χ0n) is 10.5. The van der Waals surface area contributed by atoms with Crippen LogP contribution in [0.5, 0.6) is 0 Å². The highest BCUT2D eigenvalue weighted by Crippen LogP contribution is 2.13. The molecule has 0 spiro atoms. The molecule has 0 saturated carbocycles. The quantitative estimate of drug-likeness (QED) is 0.538. The summed E-state index contributed by atoms with van der Waals surface area (Å²) in [6.45, 7) is 10.2. The maximum Gasteiger partial charge on any atom is 0.0955 e. The summed E-state index contributed by atoms with van der Waals surface area (Å²) in [7, 11) is 0. The maximum atomic E-state index is 11.5. The van der Waals surface area contributed by atoms with Gasteiger partial charge in [-0.3, -0.25) is 0 Å². The minimum atomic E-state index is -0.220. The Kier molecular flexibility index (Phi) is 15.0. The van der Waals surface area contributed by atoms with Gasteiger partial charge < -0.3 is 0 Å². The van der Waals surface area contributed by atoms with Gasteiger partial charge in [-0.25, -0.2) is 0 Å². The predicted octanol–water partition coefficient (Wildman–Crippen LogP) is 4.91. The Morgan fingerprint density at radius 2 is 1.57 bits per heavy atom. The fourth-order valence-electron chi connectivity index (χ4n) is 1.17. The third-order valence-electron chi connectivity index (χ3n) is 2.41. The van der Waals surface area contributed by atoms with Crippen LogP contribution in [-0.4, -0.2) is 6.10 Å². The lowest BCUT2D eigenvalue weighted by Gasteiger charge is -2.08. The summed E-state index contributed by atoms with van der Waals surface area (Å²) >= 11 is 0. The second kappa shape index (κ2) is 12.9. The lowest BCUT2D eigenvalue weighted by Crippen LogP contribution is -2.02. The van der Waals surface area contributed by atoms with Crippen molar-refractivity contribution in [1.82, 2.24) is 0 Å². The summed E-state index contributed by atoms with van der Waals surface area (Å²) < 4.78 is 11.5. The number of hydrogen-bond donors (Lipinski definition) is 0. The molecule has 0 fully saturated rings. The topological polar surface area (TPSA) is 9.23 Å². The van der Waals surface area contributed by atoms with Crippen LogP contribution >= 0.6 is 0 Å². The summed E-state index contributed by atoms with van der Waals surface area (Å²) in [4.78, 5) is 3.68. The molecule has 2 heteroatoms. The van der Waals surface area contributed by atoms with E-state index >= 15 is 0 Å².